The number of phenols is 1. The van der Waals surface area contributed by atoms with Crippen LogP contribution in [0.4, 0.5) is 5.69 Å². The van der Waals surface area contributed by atoms with E-state index >= 15 is 0 Å². The van der Waals surface area contributed by atoms with Gasteiger partial charge in [0.1, 0.15) is 11.5 Å². The molecule has 0 spiro atoms. The molecule has 6 nitrogen and oxygen atoms in total. The maximum absolute atomic E-state index is 13.1. The second-order valence-electron chi connectivity index (χ2n) is 8.21. The SMILES string of the molecule is CCCCCC(CC(=O)Nc1cc(C(N)=O)ccc1CCCC)c1ccc(O)cc1OC. The Kier molecular flexibility index (Phi) is 10.1. The summed E-state index contributed by atoms with van der Waals surface area (Å²) in [6.07, 6.45) is 7.13. The minimum absolute atomic E-state index is 0.0458. The molecule has 2 amide bonds. The number of hydrogen-bond donors (Lipinski definition) is 3. The Morgan fingerprint density at radius 2 is 1.81 bits per heavy atom. The second-order valence-corrected chi connectivity index (χ2v) is 8.21. The van der Waals surface area contributed by atoms with Crippen LogP contribution in [0.3, 0.4) is 0 Å². The lowest BCUT2D eigenvalue weighted by Crippen LogP contribution is -2.18. The van der Waals surface area contributed by atoms with Gasteiger partial charge in [0, 0.05) is 23.7 Å². The van der Waals surface area contributed by atoms with E-state index in [4.69, 9.17) is 10.5 Å². The molecule has 2 aromatic rings. The van der Waals surface area contributed by atoms with Gasteiger partial charge in [-0.15, -0.1) is 0 Å². The summed E-state index contributed by atoms with van der Waals surface area (Å²) in [4.78, 5) is 24.7. The Morgan fingerprint density at radius 3 is 2.47 bits per heavy atom. The van der Waals surface area contributed by atoms with E-state index in [-0.39, 0.29) is 24.0 Å². The molecular formula is C26H36N2O4. The van der Waals surface area contributed by atoms with Crippen molar-refractivity contribution < 1.29 is 19.4 Å². The van der Waals surface area contributed by atoms with Crippen LogP contribution in [-0.4, -0.2) is 24.0 Å². The molecule has 0 fully saturated rings. The molecule has 1 unspecified atom stereocenters. The summed E-state index contributed by atoms with van der Waals surface area (Å²) in [6.45, 7) is 4.26. The predicted molar refractivity (Wildman–Crippen MR) is 128 cm³/mol. The van der Waals surface area contributed by atoms with Gasteiger partial charge in [0.25, 0.3) is 0 Å². The van der Waals surface area contributed by atoms with Gasteiger partial charge in [-0.05, 0) is 54.5 Å². The monoisotopic (exact) mass is 440 g/mol. The summed E-state index contributed by atoms with van der Waals surface area (Å²) in [5.41, 5.74) is 8.37. The van der Waals surface area contributed by atoms with Crippen LogP contribution in [0.1, 0.15) is 86.2 Å². The number of rotatable bonds is 13. The third-order valence-electron chi connectivity index (χ3n) is 5.71. The lowest BCUT2D eigenvalue weighted by Gasteiger charge is -2.20. The van der Waals surface area contributed by atoms with E-state index in [2.05, 4.69) is 19.2 Å². The fourth-order valence-corrected chi connectivity index (χ4v) is 3.90. The summed E-state index contributed by atoms with van der Waals surface area (Å²) < 4.78 is 5.48. The molecule has 32 heavy (non-hydrogen) atoms. The summed E-state index contributed by atoms with van der Waals surface area (Å²) in [5, 5.41) is 12.8. The van der Waals surface area contributed by atoms with Crippen LogP contribution in [0.2, 0.25) is 0 Å². The fraction of sp³-hybridized carbons (Fsp3) is 0.462. The van der Waals surface area contributed by atoms with Gasteiger partial charge in [0.05, 0.1) is 7.11 Å². The van der Waals surface area contributed by atoms with Crippen LogP contribution in [0.5, 0.6) is 11.5 Å². The first-order valence-corrected chi connectivity index (χ1v) is 11.5. The van der Waals surface area contributed by atoms with Gasteiger partial charge >= 0.3 is 0 Å². The molecule has 174 valence electrons. The van der Waals surface area contributed by atoms with Crippen molar-refractivity contribution >= 4 is 17.5 Å². The topological polar surface area (TPSA) is 102 Å². The molecule has 6 heteroatoms. The molecule has 0 saturated carbocycles. The number of nitrogens with two attached hydrogens (primary N) is 1. The molecule has 0 aliphatic rings. The average molecular weight is 441 g/mol. The Hall–Kier alpha value is -3.02. The largest absolute Gasteiger partial charge is 0.508 e. The van der Waals surface area contributed by atoms with Crippen LogP contribution in [0, 0.1) is 0 Å². The normalized spacial score (nSPS) is 11.7. The lowest BCUT2D eigenvalue weighted by molar-refractivity contribution is -0.116. The molecule has 2 rings (SSSR count). The van der Waals surface area contributed by atoms with Crippen LogP contribution in [-0.2, 0) is 11.2 Å². The van der Waals surface area contributed by atoms with Crippen molar-refractivity contribution in [3.8, 4) is 11.5 Å². The standard InChI is InChI=1S/C26H36N2O4/c1-4-6-8-10-19(22-14-13-21(29)17-24(22)32-3)16-25(30)28-23-15-20(26(27)31)12-11-18(23)9-7-5-2/h11-15,17,19,29H,4-10,16H2,1-3H3,(H2,27,31)(H,28,30). The molecule has 0 heterocycles. The van der Waals surface area contributed by atoms with Crippen LogP contribution in [0.15, 0.2) is 36.4 Å². The molecule has 0 bridgehead atoms. The van der Waals surface area contributed by atoms with Gasteiger partial charge in [-0.2, -0.15) is 0 Å². The predicted octanol–water partition coefficient (Wildman–Crippen LogP) is 5.54. The molecule has 0 aliphatic carbocycles. The van der Waals surface area contributed by atoms with Crippen molar-refractivity contribution in [2.24, 2.45) is 5.73 Å². The van der Waals surface area contributed by atoms with Crippen molar-refractivity contribution in [1.82, 2.24) is 0 Å². The molecule has 1 atom stereocenters. The molecule has 0 aliphatic heterocycles. The molecule has 0 aromatic heterocycles. The number of unbranched alkanes of at least 4 members (excludes halogenated alkanes) is 3. The zero-order valence-electron chi connectivity index (χ0n) is 19.4. The summed E-state index contributed by atoms with van der Waals surface area (Å²) in [7, 11) is 1.57. The van der Waals surface area contributed by atoms with Crippen LogP contribution in [0.25, 0.3) is 0 Å². The number of amides is 2. The van der Waals surface area contributed by atoms with Gasteiger partial charge < -0.3 is 20.9 Å². The van der Waals surface area contributed by atoms with Gasteiger partial charge in [0.2, 0.25) is 11.8 Å². The summed E-state index contributed by atoms with van der Waals surface area (Å²) in [5.74, 6) is 0.0233. The van der Waals surface area contributed by atoms with E-state index < -0.39 is 5.91 Å². The van der Waals surface area contributed by atoms with Crippen molar-refractivity contribution in [3.63, 3.8) is 0 Å². The number of carbonyl (C=O) groups is 2. The third-order valence-corrected chi connectivity index (χ3v) is 5.71. The first kappa shape index (κ1) is 25.2. The highest BCUT2D eigenvalue weighted by molar-refractivity contribution is 5.97. The number of anilines is 1. The minimum atomic E-state index is -0.520. The molecule has 2 aromatic carbocycles. The molecule has 0 radical (unpaired) electrons. The smallest absolute Gasteiger partial charge is 0.248 e. The number of phenolic OH excluding ortho intramolecular Hbond substituents is 1. The fourth-order valence-electron chi connectivity index (χ4n) is 3.90. The zero-order valence-corrected chi connectivity index (χ0v) is 19.4. The maximum Gasteiger partial charge on any atom is 0.248 e. The van der Waals surface area contributed by atoms with E-state index in [0.29, 0.717) is 17.0 Å². The average Bonchev–Trinajstić information content (AvgIpc) is 2.77. The third kappa shape index (κ3) is 7.29. The van der Waals surface area contributed by atoms with Gasteiger partial charge in [-0.1, -0.05) is 51.7 Å². The Labute approximate surface area is 191 Å². The van der Waals surface area contributed by atoms with E-state index in [1.54, 1.807) is 31.4 Å². The number of benzene rings is 2. The second kappa shape index (κ2) is 12.7. The number of ether oxygens (including phenoxy) is 1. The number of methoxy groups -OCH3 is 1. The number of aromatic hydroxyl groups is 1. The number of primary amides is 1. The van der Waals surface area contributed by atoms with Crippen molar-refractivity contribution in [2.75, 3.05) is 12.4 Å². The van der Waals surface area contributed by atoms with Crippen LogP contribution < -0.4 is 15.8 Å². The van der Waals surface area contributed by atoms with Crippen LogP contribution >= 0.6 is 0 Å². The number of hydrogen-bond acceptors (Lipinski definition) is 4. The zero-order chi connectivity index (χ0) is 23.5. The summed E-state index contributed by atoms with van der Waals surface area (Å²) in [6, 6.07) is 10.3. The number of carbonyl (C=O) groups excluding carboxylic acids is 2. The Balaban J connectivity index is 2.26. The van der Waals surface area contributed by atoms with E-state index in [1.165, 1.54) is 0 Å². The van der Waals surface area contributed by atoms with Gasteiger partial charge in [-0.3, -0.25) is 9.59 Å². The molecule has 4 N–H and O–H groups in total. The van der Waals surface area contributed by atoms with E-state index in [1.807, 2.05) is 12.1 Å². The lowest BCUT2D eigenvalue weighted by atomic mass is 9.89. The quantitative estimate of drug-likeness (QED) is 0.356. The van der Waals surface area contributed by atoms with Crippen molar-refractivity contribution in [3.05, 3.63) is 53.1 Å². The minimum Gasteiger partial charge on any atom is -0.508 e. The first-order valence-electron chi connectivity index (χ1n) is 11.5. The van der Waals surface area contributed by atoms with Crippen molar-refractivity contribution in [2.45, 2.75) is 71.1 Å². The van der Waals surface area contributed by atoms with Gasteiger partial charge in [-0.25, -0.2) is 0 Å². The van der Waals surface area contributed by atoms with E-state index in [0.717, 1.165) is 56.1 Å². The van der Waals surface area contributed by atoms with Crippen molar-refractivity contribution in [1.29, 1.82) is 0 Å². The number of aryl methyl sites for hydroxylation is 1. The van der Waals surface area contributed by atoms with E-state index in [9.17, 15) is 14.7 Å². The Bertz CT molecular complexity index is 911. The maximum atomic E-state index is 13.1. The number of nitrogens with one attached hydrogen (secondary N) is 1. The van der Waals surface area contributed by atoms with Gasteiger partial charge in [0.15, 0.2) is 0 Å². The highest BCUT2D eigenvalue weighted by Crippen LogP contribution is 2.35. The highest BCUT2D eigenvalue weighted by atomic mass is 16.5. The molecular weight excluding hydrogens is 404 g/mol. The summed E-state index contributed by atoms with van der Waals surface area (Å²) >= 11 is 0. The first-order chi connectivity index (χ1) is 15.4. The Morgan fingerprint density at radius 1 is 1.06 bits per heavy atom. The highest BCUT2D eigenvalue weighted by Gasteiger charge is 2.21. The molecule has 0 saturated heterocycles.